The average molecular weight is 211 g/mol. The Balaban J connectivity index is 2.05. The van der Waals surface area contributed by atoms with Crippen LogP contribution >= 0.6 is 0 Å². The van der Waals surface area contributed by atoms with Gasteiger partial charge in [-0.1, -0.05) is 13.3 Å². The summed E-state index contributed by atoms with van der Waals surface area (Å²) in [5.41, 5.74) is 5.44. The van der Waals surface area contributed by atoms with E-state index in [1.165, 1.54) is 6.42 Å². The third kappa shape index (κ3) is 2.01. The second kappa shape index (κ2) is 4.49. The van der Waals surface area contributed by atoms with E-state index in [1.807, 2.05) is 0 Å². The van der Waals surface area contributed by atoms with Crippen molar-refractivity contribution in [3.05, 3.63) is 0 Å². The SMILES string of the molecule is CCC1CNCC1N1CCCC1C(N)=O. The average Bonchev–Trinajstić information content (AvgIpc) is 2.85. The highest BCUT2D eigenvalue weighted by Crippen LogP contribution is 2.27. The van der Waals surface area contributed by atoms with E-state index in [0.29, 0.717) is 12.0 Å². The zero-order chi connectivity index (χ0) is 10.8. The van der Waals surface area contributed by atoms with Crippen LogP contribution in [0, 0.1) is 5.92 Å². The minimum atomic E-state index is -0.144. The smallest absolute Gasteiger partial charge is 0.234 e. The molecule has 15 heavy (non-hydrogen) atoms. The fourth-order valence-corrected chi connectivity index (χ4v) is 3.02. The molecule has 2 aliphatic heterocycles. The molecule has 4 heteroatoms. The van der Waals surface area contributed by atoms with E-state index in [0.717, 1.165) is 32.5 Å². The Hall–Kier alpha value is -0.610. The van der Waals surface area contributed by atoms with Crippen molar-refractivity contribution in [1.29, 1.82) is 0 Å². The lowest BCUT2D eigenvalue weighted by Gasteiger charge is -2.31. The first kappa shape index (κ1) is 10.9. The Morgan fingerprint density at radius 2 is 2.33 bits per heavy atom. The normalized spacial score (nSPS) is 37.3. The number of amides is 1. The van der Waals surface area contributed by atoms with Crippen LogP contribution < -0.4 is 11.1 Å². The van der Waals surface area contributed by atoms with Crippen molar-refractivity contribution >= 4 is 5.91 Å². The van der Waals surface area contributed by atoms with Gasteiger partial charge in [0.15, 0.2) is 0 Å². The Kier molecular flexibility index (Phi) is 3.26. The zero-order valence-corrected chi connectivity index (χ0v) is 9.41. The summed E-state index contributed by atoms with van der Waals surface area (Å²) in [7, 11) is 0. The maximum atomic E-state index is 11.3. The lowest BCUT2D eigenvalue weighted by molar-refractivity contribution is -0.123. The van der Waals surface area contributed by atoms with Crippen molar-refractivity contribution in [3.8, 4) is 0 Å². The Morgan fingerprint density at radius 1 is 1.53 bits per heavy atom. The number of hydrogen-bond donors (Lipinski definition) is 2. The molecule has 2 fully saturated rings. The number of likely N-dealkylation sites (tertiary alicyclic amines) is 1. The molecule has 0 aromatic rings. The Morgan fingerprint density at radius 3 is 3.00 bits per heavy atom. The number of carbonyl (C=O) groups is 1. The molecule has 0 aromatic carbocycles. The van der Waals surface area contributed by atoms with E-state index in [4.69, 9.17) is 5.73 Å². The van der Waals surface area contributed by atoms with Gasteiger partial charge in [-0.05, 0) is 31.8 Å². The summed E-state index contributed by atoms with van der Waals surface area (Å²) in [6, 6.07) is 0.513. The molecule has 4 nitrogen and oxygen atoms in total. The van der Waals surface area contributed by atoms with Gasteiger partial charge in [0.05, 0.1) is 6.04 Å². The lowest BCUT2D eigenvalue weighted by Crippen LogP contribution is -2.48. The zero-order valence-electron chi connectivity index (χ0n) is 9.41. The standard InChI is InChI=1S/C11H21N3O/c1-2-8-6-13-7-10(8)14-5-3-4-9(14)11(12)15/h8-10,13H,2-7H2,1H3,(H2,12,15). The molecule has 86 valence electrons. The predicted octanol–water partition coefficient (Wildman–Crippen LogP) is -0.0659. The molecule has 0 saturated carbocycles. The molecule has 3 unspecified atom stereocenters. The van der Waals surface area contributed by atoms with Crippen LogP contribution in [-0.4, -0.2) is 42.5 Å². The fourth-order valence-electron chi connectivity index (χ4n) is 3.02. The molecule has 0 aromatic heterocycles. The highest BCUT2D eigenvalue weighted by Gasteiger charge is 2.39. The quantitative estimate of drug-likeness (QED) is 0.687. The van der Waals surface area contributed by atoms with Gasteiger partial charge in [-0.2, -0.15) is 0 Å². The van der Waals surface area contributed by atoms with Gasteiger partial charge in [0, 0.05) is 12.6 Å². The molecule has 3 atom stereocenters. The fraction of sp³-hybridized carbons (Fsp3) is 0.909. The topological polar surface area (TPSA) is 58.4 Å². The first-order valence-corrected chi connectivity index (χ1v) is 5.99. The molecule has 3 N–H and O–H groups in total. The molecular weight excluding hydrogens is 190 g/mol. The van der Waals surface area contributed by atoms with Crippen LogP contribution in [-0.2, 0) is 4.79 Å². The summed E-state index contributed by atoms with van der Waals surface area (Å²) in [6.07, 6.45) is 3.24. The van der Waals surface area contributed by atoms with Gasteiger partial charge in [0.1, 0.15) is 0 Å². The first-order chi connectivity index (χ1) is 7.24. The molecule has 0 spiro atoms. The van der Waals surface area contributed by atoms with Crippen LogP contribution in [0.1, 0.15) is 26.2 Å². The summed E-state index contributed by atoms with van der Waals surface area (Å²) in [5.74, 6) is 0.541. The molecule has 2 saturated heterocycles. The molecule has 0 bridgehead atoms. The van der Waals surface area contributed by atoms with E-state index in [-0.39, 0.29) is 11.9 Å². The van der Waals surface area contributed by atoms with Crippen LogP contribution in [0.2, 0.25) is 0 Å². The summed E-state index contributed by atoms with van der Waals surface area (Å²) in [5, 5.41) is 3.42. The minimum absolute atomic E-state index is 0.0102. The summed E-state index contributed by atoms with van der Waals surface area (Å²) in [6.45, 7) is 5.36. The van der Waals surface area contributed by atoms with Crippen molar-refractivity contribution in [2.24, 2.45) is 11.7 Å². The molecule has 2 heterocycles. The van der Waals surface area contributed by atoms with Gasteiger partial charge in [0.2, 0.25) is 5.91 Å². The molecule has 0 radical (unpaired) electrons. The second-order valence-electron chi connectivity index (χ2n) is 4.69. The minimum Gasteiger partial charge on any atom is -0.368 e. The third-order valence-corrected chi connectivity index (χ3v) is 3.88. The second-order valence-corrected chi connectivity index (χ2v) is 4.69. The van der Waals surface area contributed by atoms with Gasteiger partial charge in [-0.3, -0.25) is 9.69 Å². The lowest BCUT2D eigenvalue weighted by atomic mass is 9.98. The van der Waals surface area contributed by atoms with E-state index in [2.05, 4.69) is 17.1 Å². The van der Waals surface area contributed by atoms with Gasteiger partial charge in [0.25, 0.3) is 0 Å². The summed E-state index contributed by atoms with van der Waals surface area (Å²) >= 11 is 0. The maximum Gasteiger partial charge on any atom is 0.234 e. The largest absolute Gasteiger partial charge is 0.368 e. The number of nitrogens with one attached hydrogen (secondary N) is 1. The van der Waals surface area contributed by atoms with Crippen LogP contribution in [0.25, 0.3) is 0 Å². The van der Waals surface area contributed by atoms with Crippen LogP contribution in [0.3, 0.4) is 0 Å². The molecule has 1 amide bonds. The monoisotopic (exact) mass is 211 g/mol. The number of rotatable bonds is 3. The van der Waals surface area contributed by atoms with Crippen LogP contribution in [0.5, 0.6) is 0 Å². The van der Waals surface area contributed by atoms with Crippen molar-refractivity contribution in [2.75, 3.05) is 19.6 Å². The number of nitrogens with two attached hydrogens (primary N) is 1. The van der Waals surface area contributed by atoms with Gasteiger partial charge in [-0.15, -0.1) is 0 Å². The van der Waals surface area contributed by atoms with Crippen molar-refractivity contribution in [2.45, 2.75) is 38.3 Å². The Bertz CT molecular complexity index is 244. The van der Waals surface area contributed by atoms with Gasteiger partial charge >= 0.3 is 0 Å². The Labute approximate surface area is 91.2 Å². The van der Waals surface area contributed by atoms with Crippen LogP contribution in [0.15, 0.2) is 0 Å². The molecule has 2 rings (SSSR count). The summed E-state index contributed by atoms with van der Waals surface area (Å²) < 4.78 is 0. The van der Waals surface area contributed by atoms with Crippen LogP contribution in [0.4, 0.5) is 0 Å². The highest BCUT2D eigenvalue weighted by atomic mass is 16.1. The predicted molar refractivity (Wildman–Crippen MR) is 59.4 cm³/mol. The maximum absolute atomic E-state index is 11.3. The van der Waals surface area contributed by atoms with E-state index >= 15 is 0 Å². The number of hydrogen-bond acceptors (Lipinski definition) is 3. The number of primary amides is 1. The molecular formula is C11H21N3O. The van der Waals surface area contributed by atoms with Crippen molar-refractivity contribution in [1.82, 2.24) is 10.2 Å². The third-order valence-electron chi connectivity index (χ3n) is 3.88. The number of nitrogens with zero attached hydrogens (tertiary/aromatic N) is 1. The van der Waals surface area contributed by atoms with E-state index < -0.39 is 0 Å². The summed E-state index contributed by atoms with van der Waals surface area (Å²) in [4.78, 5) is 13.7. The van der Waals surface area contributed by atoms with E-state index in [9.17, 15) is 4.79 Å². The van der Waals surface area contributed by atoms with Crippen molar-refractivity contribution in [3.63, 3.8) is 0 Å². The first-order valence-electron chi connectivity index (χ1n) is 5.99. The molecule has 0 aliphatic carbocycles. The molecule has 2 aliphatic rings. The van der Waals surface area contributed by atoms with Gasteiger partial charge in [-0.25, -0.2) is 0 Å². The van der Waals surface area contributed by atoms with Gasteiger partial charge < -0.3 is 11.1 Å². The number of carbonyl (C=O) groups excluding carboxylic acids is 1. The van der Waals surface area contributed by atoms with Crippen molar-refractivity contribution < 1.29 is 4.79 Å². The highest BCUT2D eigenvalue weighted by molar-refractivity contribution is 5.80. The van der Waals surface area contributed by atoms with E-state index in [1.54, 1.807) is 0 Å².